The molecule has 0 heterocycles. The topological polar surface area (TPSA) is 36.2 Å². The van der Waals surface area contributed by atoms with Crippen LogP contribution in [0.15, 0.2) is 47.6 Å². The molecule has 28 heavy (non-hydrogen) atoms. The number of benzene rings is 2. The van der Waals surface area contributed by atoms with Gasteiger partial charge in [-0.05, 0) is 71.8 Å². The molecule has 0 aliphatic rings. The smallest absolute Gasteiger partial charge is 0.0402 e. The molecule has 0 radical (unpaired) electrons. The van der Waals surface area contributed by atoms with Crippen LogP contribution in [-0.4, -0.2) is 12.9 Å². The second kappa shape index (κ2) is 11.0. The molecule has 0 amide bonds. The molecule has 0 unspecified atom stereocenters. The fourth-order valence-corrected chi connectivity index (χ4v) is 4.44. The minimum absolute atomic E-state index is 0.588. The van der Waals surface area contributed by atoms with E-state index >= 15 is 0 Å². The summed E-state index contributed by atoms with van der Waals surface area (Å²) >= 11 is 1.79. The number of aliphatic imine (C=N–C) groups is 1. The number of nitrogens with one attached hydrogen (secondary N) is 1. The standard InChI is InChI=1S/C25H32N2S/c1-6-8-23-19(4)9-7-10-24(23)25(16-27-5)28-17-20-11-12-21(13-18(2)3)22(14-20)15-26/h7,9-12,14-16,18,26H,5-6,8,13,17H2,1-4H3/b25-16-,26-15?. The lowest BCUT2D eigenvalue weighted by atomic mass is 9.97. The molecule has 0 aliphatic heterocycles. The Balaban J connectivity index is 2.26. The van der Waals surface area contributed by atoms with Crippen molar-refractivity contribution in [2.75, 3.05) is 0 Å². The zero-order valence-corrected chi connectivity index (χ0v) is 18.4. The van der Waals surface area contributed by atoms with E-state index in [-0.39, 0.29) is 0 Å². The van der Waals surface area contributed by atoms with Gasteiger partial charge in [-0.25, -0.2) is 0 Å². The second-order valence-corrected chi connectivity index (χ2v) is 8.61. The summed E-state index contributed by atoms with van der Waals surface area (Å²) in [6, 6.07) is 13.0. The predicted octanol–water partition coefficient (Wildman–Crippen LogP) is 7.08. The molecule has 2 nitrogen and oxygen atoms in total. The molecule has 0 spiro atoms. The van der Waals surface area contributed by atoms with Crippen LogP contribution in [0, 0.1) is 18.3 Å². The van der Waals surface area contributed by atoms with Gasteiger partial charge in [0.05, 0.1) is 0 Å². The molecule has 3 heteroatoms. The Morgan fingerprint density at radius 3 is 2.68 bits per heavy atom. The summed E-state index contributed by atoms with van der Waals surface area (Å²) in [5, 5.41) is 7.77. The van der Waals surface area contributed by atoms with Gasteiger partial charge >= 0.3 is 0 Å². The van der Waals surface area contributed by atoms with Crippen molar-refractivity contribution < 1.29 is 0 Å². The zero-order valence-electron chi connectivity index (χ0n) is 17.6. The SMILES string of the molecule is C=N/C=C(\SCc1ccc(CC(C)C)c(C=N)c1)c1cccc(C)c1CCC. The summed E-state index contributed by atoms with van der Waals surface area (Å²) in [7, 11) is 0. The first-order valence-corrected chi connectivity index (χ1v) is 11.0. The third-order valence-corrected chi connectivity index (χ3v) is 5.89. The Bertz CT molecular complexity index is 850. The molecule has 0 bridgehead atoms. The van der Waals surface area contributed by atoms with Gasteiger partial charge in [-0.2, -0.15) is 0 Å². The molecule has 148 valence electrons. The highest BCUT2D eigenvalue weighted by Crippen LogP contribution is 2.34. The quantitative estimate of drug-likeness (QED) is 0.431. The first-order valence-electron chi connectivity index (χ1n) is 10.00. The molecule has 1 N–H and O–H groups in total. The number of aryl methyl sites for hydroxylation is 1. The van der Waals surface area contributed by atoms with Gasteiger partial charge in [-0.15, -0.1) is 11.8 Å². The van der Waals surface area contributed by atoms with Crippen LogP contribution in [0.25, 0.3) is 4.91 Å². The molecule has 2 rings (SSSR count). The van der Waals surface area contributed by atoms with Crippen molar-refractivity contribution in [3.8, 4) is 0 Å². The summed E-state index contributed by atoms with van der Waals surface area (Å²) in [6.45, 7) is 12.5. The van der Waals surface area contributed by atoms with Crippen LogP contribution < -0.4 is 0 Å². The Morgan fingerprint density at radius 1 is 1.25 bits per heavy atom. The van der Waals surface area contributed by atoms with Gasteiger partial charge in [0.1, 0.15) is 0 Å². The van der Waals surface area contributed by atoms with Crippen LogP contribution in [0.2, 0.25) is 0 Å². The molecule has 0 aliphatic carbocycles. The molecule has 0 atom stereocenters. The van der Waals surface area contributed by atoms with Crippen LogP contribution in [0.5, 0.6) is 0 Å². The zero-order chi connectivity index (χ0) is 20.5. The van der Waals surface area contributed by atoms with Gasteiger partial charge < -0.3 is 5.41 Å². The molecule has 0 saturated heterocycles. The van der Waals surface area contributed by atoms with Gasteiger partial charge in [-0.3, -0.25) is 4.99 Å². The lowest BCUT2D eigenvalue weighted by Crippen LogP contribution is -2.00. The Hall–Kier alpha value is -2.13. The van der Waals surface area contributed by atoms with E-state index in [9.17, 15) is 0 Å². The number of thioether (sulfide) groups is 1. The molecular formula is C25H32N2S. The normalized spacial score (nSPS) is 11.7. The van der Waals surface area contributed by atoms with Crippen molar-refractivity contribution in [2.45, 2.75) is 52.7 Å². The highest BCUT2D eigenvalue weighted by molar-refractivity contribution is 8.07. The number of nitrogens with zero attached hydrogens (tertiary/aromatic N) is 1. The van der Waals surface area contributed by atoms with Gasteiger partial charge in [-0.1, -0.05) is 57.5 Å². The first-order chi connectivity index (χ1) is 13.5. The van der Waals surface area contributed by atoms with E-state index in [1.807, 2.05) is 6.20 Å². The third kappa shape index (κ3) is 5.93. The number of hydrogen-bond donors (Lipinski definition) is 1. The fourth-order valence-electron chi connectivity index (χ4n) is 3.44. The van der Waals surface area contributed by atoms with Gasteiger partial charge in [0.25, 0.3) is 0 Å². The summed E-state index contributed by atoms with van der Waals surface area (Å²) in [5.41, 5.74) is 7.52. The minimum atomic E-state index is 0.588. The Labute approximate surface area is 174 Å². The highest BCUT2D eigenvalue weighted by atomic mass is 32.2. The Morgan fingerprint density at radius 2 is 2.04 bits per heavy atom. The van der Waals surface area contributed by atoms with Gasteiger partial charge in [0, 0.05) is 23.1 Å². The molecular weight excluding hydrogens is 360 g/mol. The van der Waals surface area contributed by atoms with Crippen LogP contribution in [0.4, 0.5) is 0 Å². The van der Waals surface area contributed by atoms with Crippen molar-refractivity contribution in [2.24, 2.45) is 10.9 Å². The maximum Gasteiger partial charge on any atom is 0.0402 e. The summed E-state index contributed by atoms with van der Waals surface area (Å²) in [5.74, 6) is 1.44. The van der Waals surface area contributed by atoms with E-state index in [0.717, 1.165) is 35.5 Å². The van der Waals surface area contributed by atoms with Crippen molar-refractivity contribution >= 4 is 29.6 Å². The lowest BCUT2D eigenvalue weighted by molar-refractivity contribution is 0.646. The van der Waals surface area contributed by atoms with Crippen molar-refractivity contribution in [3.05, 3.63) is 76.0 Å². The van der Waals surface area contributed by atoms with E-state index in [4.69, 9.17) is 5.41 Å². The van der Waals surface area contributed by atoms with Crippen LogP contribution >= 0.6 is 11.8 Å². The predicted molar refractivity (Wildman–Crippen MR) is 127 cm³/mol. The first kappa shape index (κ1) is 22.2. The monoisotopic (exact) mass is 392 g/mol. The molecule has 0 fully saturated rings. The van der Waals surface area contributed by atoms with Crippen LogP contribution in [0.1, 0.15) is 60.6 Å². The summed E-state index contributed by atoms with van der Waals surface area (Å²) in [4.78, 5) is 5.22. The van der Waals surface area contributed by atoms with Crippen molar-refractivity contribution in [1.29, 1.82) is 5.41 Å². The van der Waals surface area contributed by atoms with E-state index in [0.29, 0.717) is 5.92 Å². The largest absolute Gasteiger partial charge is 0.308 e. The molecule has 2 aromatic rings. The maximum absolute atomic E-state index is 7.77. The van der Waals surface area contributed by atoms with Gasteiger partial charge in [0.15, 0.2) is 0 Å². The van der Waals surface area contributed by atoms with Crippen LogP contribution in [-0.2, 0) is 18.6 Å². The Kier molecular flexibility index (Phi) is 8.72. The highest BCUT2D eigenvalue weighted by Gasteiger charge is 2.11. The molecule has 0 saturated carbocycles. The van der Waals surface area contributed by atoms with E-state index in [1.54, 1.807) is 11.8 Å². The number of rotatable bonds is 10. The summed E-state index contributed by atoms with van der Waals surface area (Å²) < 4.78 is 0. The van der Waals surface area contributed by atoms with E-state index in [1.165, 1.54) is 34.0 Å². The average Bonchev–Trinajstić information content (AvgIpc) is 2.67. The number of hydrogen-bond acceptors (Lipinski definition) is 3. The van der Waals surface area contributed by atoms with Gasteiger partial charge in [0.2, 0.25) is 0 Å². The molecule has 0 aromatic heterocycles. The lowest BCUT2D eigenvalue weighted by Gasteiger charge is -2.15. The van der Waals surface area contributed by atoms with E-state index < -0.39 is 0 Å². The van der Waals surface area contributed by atoms with Crippen molar-refractivity contribution in [1.82, 2.24) is 0 Å². The maximum atomic E-state index is 7.77. The summed E-state index contributed by atoms with van der Waals surface area (Å²) in [6.07, 6.45) is 6.56. The van der Waals surface area contributed by atoms with Crippen LogP contribution in [0.3, 0.4) is 0 Å². The fraction of sp³-hybridized carbons (Fsp3) is 0.360. The molecule has 2 aromatic carbocycles. The van der Waals surface area contributed by atoms with Crippen molar-refractivity contribution in [3.63, 3.8) is 0 Å². The third-order valence-electron chi connectivity index (χ3n) is 4.77. The minimum Gasteiger partial charge on any atom is -0.308 e. The average molecular weight is 393 g/mol. The van der Waals surface area contributed by atoms with E-state index in [2.05, 4.69) is 75.8 Å². The second-order valence-electron chi connectivity index (χ2n) is 7.59.